The molecule has 2 aromatic carbocycles. The first kappa shape index (κ1) is 19.4. The molecule has 0 saturated carbocycles. The minimum atomic E-state index is -3.40. The maximum atomic E-state index is 12.5. The highest BCUT2D eigenvalue weighted by Gasteiger charge is 2.26. The lowest BCUT2D eigenvalue weighted by molar-refractivity contribution is -0.121. The number of amides is 1. The molecular formula is C20H25N3O3S. The fraction of sp³-hybridized carbons (Fsp3) is 0.350. The van der Waals surface area contributed by atoms with E-state index in [1.165, 1.54) is 4.31 Å². The third-order valence-corrected chi connectivity index (χ3v) is 6.71. The summed E-state index contributed by atoms with van der Waals surface area (Å²) < 4.78 is 26.5. The molecule has 1 aliphatic heterocycles. The Morgan fingerprint density at radius 1 is 1.04 bits per heavy atom. The maximum absolute atomic E-state index is 12.5. The normalized spacial score (nSPS) is 15.0. The molecule has 27 heavy (non-hydrogen) atoms. The van der Waals surface area contributed by atoms with Crippen molar-refractivity contribution in [3.05, 3.63) is 59.7 Å². The van der Waals surface area contributed by atoms with Crippen molar-refractivity contribution < 1.29 is 13.2 Å². The highest BCUT2D eigenvalue weighted by atomic mass is 32.2. The van der Waals surface area contributed by atoms with Crippen molar-refractivity contribution in [1.82, 2.24) is 9.62 Å². The number of anilines is 1. The minimum absolute atomic E-state index is 0.0629. The van der Waals surface area contributed by atoms with Crippen LogP contribution in [0.25, 0.3) is 0 Å². The molecule has 1 aliphatic rings. The number of nitrogens with zero attached hydrogens (tertiary/aromatic N) is 1. The summed E-state index contributed by atoms with van der Waals surface area (Å²) in [6.45, 7) is 1.55. The van der Waals surface area contributed by atoms with Gasteiger partial charge in [-0.05, 0) is 48.6 Å². The van der Waals surface area contributed by atoms with Crippen molar-refractivity contribution >= 4 is 21.6 Å². The second kappa shape index (κ2) is 8.54. The van der Waals surface area contributed by atoms with Gasteiger partial charge in [-0.15, -0.1) is 0 Å². The van der Waals surface area contributed by atoms with Crippen LogP contribution in [0, 0.1) is 0 Å². The number of para-hydroxylation sites is 1. The molecule has 0 bridgehead atoms. The predicted molar refractivity (Wildman–Crippen MR) is 105 cm³/mol. The number of rotatable bonds is 7. The van der Waals surface area contributed by atoms with Gasteiger partial charge in [0.1, 0.15) is 0 Å². The molecule has 0 aromatic heterocycles. The zero-order chi connectivity index (χ0) is 19.3. The lowest BCUT2D eigenvalue weighted by Gasteiger charge is -2.15. The Hall–Kier alpha value is -2.38. The number of nitrogens with one attached hydrogen (secondary N) is 1. The van der Waals surface area contributed by atoms with Gasteiger partial charge in [0.2, 0.25) is 15.9 Å². The van der Waals surface area contributed by atoms with Crippen LogP contribution in [0.2, 0.25) is 0 Å². The number of benzene rings is 2. The number of hydrogen-bond acceptors (Lipinski definition) is 4. The summed E-state index contributed by atoms with van der Waals surface area (Å²) >= 11 is 0. The summed E-state index contributed by atoms with van der Waals surface area (Å²) in [6, 6.07) is 14.2. The molecule has 3 N–H and O–H groups in total. The fourth-order valence-electron chi connectivity index (χ4n) is 3.16. The summed E-state index contributed by atoms with van der Waals surface area (Å²) in [5.74, 6) is -0.0629. The van der Waals surface area contributed by atoms with E-state index in [1.807, 2.05) is 24.3 Å². The van der Waals surface area contributed by atoms with Crippen LogP contribution >= 0.6 is 0 Å². The average Bonchev–Trinajstić information content (AvgIpc) is 3.22. The van der Waals surface area contributed by atoms with Crippen LogP contribution in [0.3, 0.4) is 0 Å². The number of carbonyl (C=O) groups is 1. The van der Waals surface area contributed by atoms with E-state index >= 15 is 0 Å². The van der Waals surface area contributed by atoms with Crippen LogP contribution in [0.4, 0.5) is 5.69 Å². The van der Waals surface area contributed by atoms with E-state index in [4.69, 9.17) is 5.73 Å². The molecule has 0 atom stereocenters. The van der Waals surface area contributed by atoms with E-state index in [0.29, 0.717) is 43.1 Å². The van der Waals surface area contributed by atoms with E-state index < -0.39 is 10.0 Å². The number of hydrogen-bond donors (Lipinski definition) is 2. The summed E-state index contributed by atoms with van der Waals surface area (Å²) in [6.07, 6.45) is 2.77. The number of sulfonamides is 1. The van der Waals surface area contributed by atoms with Crippen LogP contribution < -0.4 is 11.1 Å². The van der Waals surface area contributed by atoms with E-state index in [0.717, 1.165) is 24.0 Å². The number of aryl methyl sites for hydroxylation is 1. The highest BCUT2D eigenvalue weighted by molar-refractivity contribution is 7.89. The van der Waals surface area contributed by atoms with Crippen molar-refractivity contribution in [2.75, 3.05) is 18.8 Å². The molecule has 144 valence electrons. The maximum Gasteiger partial charge on any atom is 0.243 e. The summed E-state index contributed by atoms with van der Waals surface area (Å²) in [4.78, 5) is 12.4. The standard InChI is InChI=1S/C20H25N3O3S/c21-19-6-2-1-5-17(19)9-12-20(24)22-15-16-7-10-18(11-8-16)27(25,26)23-13-3-4-14-23/h1-2,5-8,10-11H,3-4,9,12-15,21H2,(H,22,24). The lowest BCUT2D eigenvalue weighted by Crippen LogP contribution is -2.28. The largest absolute Gasteiger partial charge is 0.399 e. The van der Waals surface area contributed by atoms with Crippen molar-refractivity contribution in [2.24, 2.45) is 0 Å². The summed E-state index contributed by atoms with van der Waals surface area (Å²) in [5, 5.41) is 2.86. The first-order valence-electron chi connectivity index (χ1n) is 9.16. The van der Waals surface area contributed by atoms with Gasteiger partial charge in [0.25, 0.3) is 0 Å². The Labute approximate surface area is 160 Å². The van der Waals surface area contributed by atoms with Crippen molar-refractivity contribution in [3.63, 3.8) is 0 Å². The van der Waals surface area contributed by atoms with E-state index in [1.54, 1.807) is 24.3 Å². The first-order chi connectivity index (χ1) is 13.0. The molecule has 0 spiro atoms. The van der Waals surface area contributed by atoms with E-state index in [-0.39, 0.29) is 5.91 Å². The van der Waals surface area contributed by atoms with Gasteiger partial charge in [0.05, 0.1) is 4.90 Å². The third kappa shape index (κ3) is 4.87. The molecule has 1 saturated heterocycles. The Kier molecular flexibility index (Phi) is 6.13. The molecule has 3 rings (SSSR count). The van der Waals surface area contributed by atoms with Gasteiger partial charge in [0.15, 0.2) is 0 Å². The van der Waals surface area contributed by atoms with Crippen molar-refractivity contribution in [2.45, 2.75) is 37.1 Å². The van der Waals surface area contributed by atoms with Gasteiger partial charge in [-0.3, -0.25) is 4.79 Å². The van der Waals surface area contributed by atoms with Crippen LogP contribution in [0.5, 0.6) is 0 Å². The van der Waals surface area contributed by atoms with Crippen LogP contribution in [0.15, 0.2) is 53.4 Å². The molecular weight excluding hydrogens is 362 g/mol. The molecule has 6 nitrogen and oxygen atoms in total. The second-order valence-corrected chi connectivity index (χ2v) is 8.67. The van der Waals surface area contributed by atoms with Gasteiger partial charge < -0.3 is 11.1 Å². The first-order valence-corrected chi connectivity index (χ1v) is 10.6. The van der Waals surface area contributed by atoms with Gasteiger partial charge in [-0.25, -0.2) is 8.42 Å². The Morgan fingerprint density at radius 2 is 1.70 bits per heavy atom. The number of nitrogens with two attached hydrogens (primary N) is 1. The fourth-order valence-corrected chi connectivity index (χ4v) is 4.67. The minimum Gasteiger partial charge on any atom is -0.399 e. The Balaban J connectivity index is 1.51. The van der Waals surface area contributed by atoms with Crippen molar-refractivity contribution in [3.8, 4) is 0 Å². The second-order valence-electron chi connectivity index (χ2n) is 6.73. The molecule has 2 aromatic rings. The molecule has 0 unspecified atom stereocenters. The molecule has 1 amide bonds. The van der Waals surface area contributed by atoms with E-state index in [9.17, 15) is 13.2 Å². The quantitative estimate of drug-likeness (QED) is 0.713. The van der Waals surface area contributed by atoms with Crippen LogP contribution in [0.1, 0.15) is 30.4 Å². The molecule has 0 radical (unpaired) electrons. The SMILES string of the molecule is Nc1ccccc1CCC(=O)NCc1ccc(S(=O)(=O)N2CCCC2)cc1. The van der Waals surface area contributed by atoms with Gasteiger partial charge in [0, 0.05) is 31.7 Å². The molecule has 1 fully saturated rings. The monoisotopic (exact) mass is 387 g/mol. The predicted octanol–water partition coefficient (Wildman–Crippen LogP) is 2.30. The van der Waals surface area contributed by atoms with Gasteiger partial charge in [-0.1, -0.05) is 30.3 Å². The van der Waals surface area contributed by atoms with E-state index in [2.05, 4.69) is 5.32 Å². The molecule has 7 heteroatoms. The average molecular weight is 388 g/mol. The topological polar surface area (TPSA) is 92.5 Å². The highest BCUT2D eigenvalue weighted by Crippen LogP contribution is 2.21. The lowest BCUT2D eigenvalue weighted by atomic mass is 10.1. The Morgan fingerprint density at radius 3 is 2.37 bits per heavy atom. The van der Waals surface area contributed by atoms with Crippen molar-refractivity contribution in [1.29, 1.82) is 0 Å². The zero-order valence-electron chi connectivity index (χ0n) is 15.2. The molecule has 0 aliphatic carbocycles. The summed E-state index contributed by atoms with van der Waals surface area (Å²) in [5.41, 5.74) is 8.40. The number of nitrogen functional groups attached to an aromatic ring is 1. The van der Waals surface area contributed by atoms with Crippen LogP contribution in [-0.4, -0.2) is 31.7 Å². The zero-order valence-corrected chi connectivity index (χ0v) is 16.0. The van der Waals surface area contributed by atoms with Crippen LogP contribution in [-0.2, 0) is 27.8 Å². The van der Waals surface area contributed by atoms with Gasteiger partial charge >= 0.3 is 0 Å². The molecule has 1 heterocycles. The summed E-state index contributed by atoms with van der Waals surface area (Å²) in [7, 11) is -3.40. The Bertz CT molecular complexity index is 889. The number of carbonyl (C=O) groups excluding carboxylic acids is 1. The van der Waals surface area contributed by atoms with Gasteiger partial charge in [-0.2, -0.15) is 4.31 Å². The smallest absolute Gasteiger partial charge is 0.243 e. The third-order valence-electron chi connectivity index (χ3n) is 4.79.